The van der Waals surface area contributed by atoms with Crippen LogP contribution in [0.25, 0.3) is 11.0 Å². The molecule has 23 heavy (non-hydrogen) atoms. The van der Waals surface area contributed by atoms with Gasteiger partial charge in [0.25, 0.3) is 6.01 Å². The minimum absolute atomic E-state index is 0.167. The van der Waals surface area contributed by atoms with Crippen LogP contribution in [0.4, 0.5) is 13.2 Å². The molecule has 1 saturated carbocycles. The number of fused-ring (bicyclic) bond motifs is 1. The molecule has 1 heterocycles. The van der Waals surface area contributed by atoms with Crippen LogP contribution >= 0.6 is 0 Å². The third-order valence-electron chi connectivity index (χ3n) is 4.04. The fraction of sp³-hybridized carbons (Fsp3) is 0.562. The summed E-state index contributed by atoms with van der Waals surface area (Å²) in [6.07, 6.45) is 1.40. The van der Waals surface area contributed by atoms with Gasteiger partial charge >= 0.3 is 6.18 Å². The lowest BCUT2D eigenvalue weighted by Gasteiger charge is -2.22. The summed E-state index contributed by atoms with van der Waals surface area (Å²) in [5.41, 5.74) is 1.37. The highest BCUT2D eigenvalue weighted by Gasteiger charge is 2.28. The van der Waals surface area contributed by atoms with E-state index in [2.05, 4.69) is 4.98 Å². The van der Waals surface area contributed by atoms with Crippen molar-refractivity contribution in [2.75, 3.05) is 6.61 Å². The van der Waals surface area contributed by atoms with Crippen LogP contribution in [0.3, 0.4) is 0 Å². The quantitative estimate of drug-likeness (QED) is 0.843. The molecular weight excluding hydrogens is 309 g/mol. The SMILES string of the molecule is Cn1c(OC2CCCCC2)nc2ccc(OCC(F)(F)F)cc21. The molecule has 1 aromatic heterocycles. The lowest BCUT2D eigenvalue weighted by atomic mass is 9.98. The van der Waals surface area contributed by atoms with Gasteiger partial charge in [0.1, 0.15) is 11.9 Å². The van der Waals surface area contributed by atoms with E-state index in [1.807, 2.05) is 0 Å². The Bertz CT molecular complexity index is 676. The molecule has 0 atom stereocenters. The molecule has 2 aromatic rings. The summed E-state index contributed by atoms with van der Waals surface area (Å²) in [5.74, 6) is 0.169. The molecule has 0 saturated heterocycles. The Kier molecular flexibility index (Phi) is 4.37. The van der Waals surface area contributed by atoms with E-state index >= 15 is 0 Å². The number of hydrogen-bond acceptors (Lipinski definition) is 3. The fourth-order valence-electron chi connectivity index (χ4n) is 2.84. The highest BCUT2D eigenvalue weighted by Crippen LogP contribution is 2.28. The van der Waals surface area contributed by atoms with Crippen molar-refractivity contribution in [1.29, 1.82) is 0 Å². The minimum Gasteiger partial charge on any atom is -0.484 e. The van der Waals surface area contributed by atoms with Gasteiger partial charge in [0.2, 0.25) is 0 Å². The van der Waals surface area contributed by atoms with Crippen LogP contribution in [-0.4, -0.2) is 28.4 Å². The van der Waals surface area contributed by atoms with Crippen LogP contribution in [0.1, 0.15) is 32.1 Å². The number of benzene rings is 1. The second kappa shape index (κ2) is 6.29. The van der Waals surface area contributed by atoms with E-state index in [1.165, 1.54) is 12.5 Å². The highest BCUT2D eigenvalue weighted by atomic mass is 19.4. The molecule has 0 bridgehead atoms. The Balaban J connectivity index is 1.78. The molecule has 1 aromatic carbocycles. The monoisotopic (exact) mass is 328 g/mol. The van der Waals surface area contributed by atoms with Crippen molar-refractivity contribution in [2.24, 2.45) is 7.05 Å². The number of alkyl halides is 3. The molecule has 0 amide bonds. The van der Waals surface area contributed by atoms with Crippen molar-refractivity contribution in [3.8, 4) is 11.8 Å². The predicted molar refractivity (Wildman–Crippen MR) is 79.8 cm³/mol. The number of ether oxygens (including phenoxy) is 2. The van der Waals surface area contributed by atoms with Gasteiger partial charge in [-0.3, -0.25) is 4.57 Å². The molecular formula is C16H19F3N2O2. The van der Waals surface area contributed by atoms with Crippen LogP contribution in [0, 0.1) is 0 Å². The molecule has 0 N–H and O–H groups in total. The second-order valence-electron chi connectivity index (χ2n) is 5.89. The van der Waals surface area contributed by atoms with E-state index in [-0.39, 0.29) is 11.9 Å². The van der Waals surface area contributed by atoms with Crippen molar-refractivity contribution in [3.63, 3.8) is 0 Å². The van der Waals surface area contributed by atoms with Crippen molar-refractivity contribution < 1.29 is 22.6 Å². The molecule has 0 radical (unpaired) electrons. The van der Waals surface area contributed by atoms with Gasteiger partial charge in [-0.25, -0.2) is 0 Å². The summed E-state index contributed by atoms with van der Waals surface area (Å²) >= 11 is 0. The maximum atomic E-state index is 12.2. The van der Waals surface area contributed by atoms with Gasteiger partial charge in [0.15, 0.2) is 6.61 Å². The van der Waals surface area contributed by atoms with Crippen LogP contribution in [0.2, 0.25) is 0 Å². The molecule has 1 aliphatic rings. The van der Waals surface area contributed by atoms with Crippen molar-refractivity contribution in [2.45, 2.75) is 44.4 Å². The van der Waals surface area contributed by atoms with Gasteiger partial charge in [-0.1, -0.05) is 6.42 Å². The number of nitrogens with zero attached hydrogens (tertiary/aromatic N) is 2. The van der Waals surface area contributed by atoms with E-state index < -0.39 is 12.8 Å². The van der Waals surface area contributed by atoms with Gasteiger partial charge in [-0.2, -0.15) is 18.2 Å². The van der Waals surface area contributed by atoms with Gasteiger partial charge in [0.05, 0.1) is 11.0 Å². The van der Waals surface area contributed by atoms with E-state index in [1.54, 1.807) is 23.7 Å². The topological polar surface area (TPSA) is 36.3 Å². The first-order chi connectivity index (χ1) is 10.9. The van der Waals surface area contributed by atoms with E-state index in [9.17, 15) is 13.2 Å². The Labute approximate surface area is 132 Å². The highest BCUT2D eigenvalue weighted by molar-refractivity contribution is 5.78. The molecule has 7 heteroatoms. The zero-order valence-corrected chi connectivity index (χ0v) is 12.9. The third kappa shape index (κ3) is 3.89. The summed E-state index contributed by atoms with van der Waals surface area (Å²) in [7, 11) is 1.79. The summed E-state index contributed by atoms with van der Waals surface area (Å²) < 4.78 is 49.2. The van der Waals surface area contributed by atoms with Gasteiger partial charge in [-0.05, 0) is 37.8 Å². The average molecular weight is 328 g/mol. The maximum absolute atomic E-state index is 12.2. The minimum atomic E-state index is -4.35. The van der Waals surface area contributed by atoms with Gasteiger partial charge < -0.3 is 9.47 Å². The smallest absolute Gasteiger partial charge is 0.422 e. The molecule has 0 unspecified atom stereocenters. The number of imidazole rings is 1. The first-order valence-electron chi connectivity index (χ1n) is 7.75. The van der Waals surface area contributed by atoms with Crippen LogP contribution in [-0.2, 0) is 7.05 Å². The summed E-state index contributed by atoms with van der Waals surface area (Å²) in [6.45, 7) is -1.30. The Morgan fingerprint density at radius 2 is 1.96 bits per heavy atom. The lowest BCUT2D eigenvalue weighted by molar-refractivity contribution is -0.153. The Hall–Kier alpha value is -1.92. The molecule has 3 rings (SSSR count). The van der Waals surface area contributed by atoms with E-state index in [4.69, 9.17) is 9.47 Å². The zero-order valence-electron chi connectivity index (χ0n) is 12.9. The molecule has 1 aliphatic carbocycles. The van der Waals surface area contributed by atoms with E-state index in [0.29, 0.717) is 17.0 Å². The first-order valence-corrected chi connectivity index (χ1v) is 7.75. The van der Waals surface area contributed by atoms with Gasteiger partial charge in [-0.15, -0.1) is 0 Å². The second-order valence-corrected chi connectivity index (χ2v) is 5.89. The van der Waals surface area contributed by atoms with Crippen molar-refractivity contribution in [3.05, 3.63) is 18.2 Å². The Morgan fingerprint density at radius 1 is 1.22 bits per heavy atom. The molecule has 0 aliphatic heterocycles. The fourth-order valence-corrected chi connectivity index (χ4v) is 2.84. The van der Waals surface area contributed by atoms with Crippen molar-refractivity contribution in [1.82, 2.24) is 9.55 Å². The predicted octanol–water partition coefficient (Wildman–Crippen LogP) is 4.23. The Morgan fingerprint density at radius 3 is 2.65 bits per heavy atom. The number of rotatable bonds is 4. The summed E-state index contributed by atoms with van der Waals surface area (Å²) in [5, 5.41) is 0. The van der Waals surface area contributed by atoms with Gasteiger partial charge in [0, 0.05) is 13.1 Å². The van der Waals surface area contributed by atoms with Crippen LogP contribution in [0.15, 0.2) is 18.2 Å². The number of aromatic nitrogens is 2. The van der Waals surface area contributed by atoms with Crippen molar-refractivity contribution >= 4 is 11.0 Å². The molecule has 126 valence electrons. The standard InChI is InChI=1S/C16H19F3N2O2/c1-21-14-9-12(22-10-16(17,18)19)7-8-13(14)20-15(21)23-11-5-3-2-4-6-11/h7-9,11H,2-6,10H2,1H3. The summed E-state index contributed by atoms with van der Waals surface area (Å²) in [6, 6.07) is 5.20. The molecule has 0 spiro atoms. The average Bonchev–Trinajstić information content (AvgIpc) is 2.82. The summed E-state index contributed by atoms with van der Waals surface area (Å²) in [4.78, 5) is 4.42. The molecule has 4 nitrogen and oxygen atoms in total. The van der Waals surface area contributed by atoms with Crippen LogP contribution < -0.4 is 9.47 Å². The third-order valence-corrected chi connectivity index (χ3v) is 4.04. The zero-order chi connectivity index (χ0) is 16.4. The van der Waals surface area contributed by atoms with Crippen LogP contribution in [0.5, 0.6) is 11.8 Å². The normalized spacial score (nSPS) is 16.7. The maximum Gasteiger partial charge on any atom is 0.422 e. The lowest BCUT2D eigenvalue weighted by Crippen LogP contribution is -2.21. The van der Waals surface area contributed by atoms with E-state index in [0.717, 1.165) is 25.7 Å². The number of halogens is 3. The number of aryl methyl sites for hydroxylation is 1. The largest absolute Gasteiger partial charge is 0.484 e. The molecule has 1 fully saturated rings. The first kappa shape index (κ1) is 16.0. The number of hydrogen-bond donors (Lipinski definition) is 0.